The molecule has 1 N–H and O–H groups in total. The number of methoxy groups -OCH3 is 1. The van der Waals surface area contributed by atoms with Gasteiger partial charge in [-0.2, -0.15) is 0 Å². The molecule has 1 saturated heterocycles. The van der Waals surface area contributed by atoms with Crippen LogP contribution in [0, 0.1) is 0 Å². The Morgan fingerprint density at radius 3 is 2.53 bits per heavy atom. The van der Waals surface area contributed by atoms with Gasteiger partial charge in [0.15, 0.2) is 0 Å². The van der Waals surface area contributed by atoms with E-state index in [1.165, 1.54) is 16.9 Å². The van der Waals surface area contributed by atoms with E-state index in [0.717, 1.165) is 28.4 Å². The molecule has 1 aliphatic heterocycles. The zero-order chi connectivity index (χ0) is 22.5. The Bertz CT molecular complexity index is 1080. The summed E-state index contributed by atoms with van der Waals surface area (Å²) in [6.45, 7) is 2.68. The monoisotopic (exact) mass is 450 g/mol. The molecule has 1 aromatic heterocycles. The van der Waals surface area contributed by atoms with Crippen molar-refractivity contribution >= 4 is 34.0 Å². The predicted octanol–water partition coefficient (Wildman–Crippen LogP) is 4.20. The first-order valence-corrected chi connectivity index (χ1v) is 11.5. The highest BCUT2D eigenvalue weighted by Gasteiger charge is 2.34. The third kappa shape index (κ3) is 5.13. The van der Waals surface area contributed by atoms with Crippen LogP contribution in [-0.2, 0) is 22.4 Å². The minimum absolute atomic E-state index is 0.0178. The average molecular weight is 451 g/mol. The normalized spacial score (nSPS) is 15.8. The van der Waals surface area contributed by atoms with Crippen LogP contribution >= 0.6 is 11.3 Å². The van der Waals surface area contributed by atoms with Gasteiger partial charge in [0.25, 0.3) is 0 Å². The van der Waals surface area contributed by atoms with Gasteiger partial charge in [-0.1, -0.05) is 42.5 Å². The Labute approximate surface area is 191 Å². The number of nitrogens with one attached hydrogen (secondary N) is 1. The van der Waals surface area contributed by atoms with Crippen molar-refractivity contribution in [1.29, 1.82) is 0 Å². The molecule has 3 aromatic rings. The van der Waals surface area contributed by atoms with E-state index in [9.17, 15) is 9.59 Å². The molecule has 0 saturated carbocycles. The largest absolute Gasteiger partial charge is 0.497 e. The lowest BCUT2D eigenvalue weighted by atomic mass is 10.1. The molecule has 2 aromatic carbocycles. The maximum atomic E-state index is 12.6. The number of rotatable bonds is 8. The molecule has 0 aliphatic carbocycles. The molecule has 1 aliphatic rings. The molecule has 7 nitrogen and oxygen atoms in total. The number of carbonyl (C=O) groups is 2. The van der Waals surface area contributed by atoms with E-state index in [1.807, 2.05) is 36.4 Å². The summed E-state index contributed by atoms with van der Waals surface area (Å²) in [5, 5.41) is 12.4. The lowest BCUT2D eigenvalue weighted by Gasteiger charge is -2.16. The Hall–Kier alpha value is -3.26. The van der Waals surface area contributed by atoms with Crippen molar-refractivity contribution in [2.75, 3.05) is 23.9 Å². The van der Waals surface area contributed by atoms with Crippen LogP contribution in [0.4, 0.5) is 10.8 Å². The van der Waals surface area contributed by atoms with E-state index < -0.39 is 0 Å². The Balaban J connectivity index is 1.31. The van der Waals surface area contributed by atoms with E-state index in [1.54, 1.807) is 12.0 Å². The fourth-order valence-corrected chi connectivity index (χ4v) is 4.57. The second-order valence-corrected chi connectivity index (χ2v) is 8.78. The average Bonchev–Trinajstić information content (AvgIpc) is 3.44. The number of ether oxygens (including phenoxy) is 1. The second kappa shape index (κ2) is 9.91. The van der Waals surface area contributed by atoms with Crippen LogP contribution in [0.15, 0.2) is 48.5 Å². The van der Waals surface area contributed by atoms with Crippen molar-refractivity contribution in [2.24, 2.45) is 0 Å². The summed E-state index contributed by atoms with van der Waals surface area (Å²) in [7, 11) is 1.63. The topological polar surface area (TPSA) is 84.4 Å². The fourth-order valence-electron chi connectivity index (χ4n) is 3.72. The minimum atomic E-state index is -0.108. The lowest BCUT2D eigenvalue weighted by Crippen LogP contribution is -2.24. The Kier molecular flexibility index (Phi) is 6.80. The summed E-state index contributed by atoms with van der Waals surface area (Å²) in [5.41, 5.74) is 3.22. The van der Waals surface area contributed by atoms with Gasteiger partial charge in [0, 0.05) is 31.0 Å². The Morgan fingerprint density at radius 2 is 1.84 bits per heavy atom. The lowest BCUT2D eigenvalue weighted by molar-refractivity contribution is -0.117. The molecular formula is C24H26N4O3S. The SMILES string of the molecule is CCc1ccc(N2C[C@@H](c3nnc(NC(=O)CCc4ccc(OC)cc4)s3)CC2=O)cc1. The summed E-state index contributed by atoms with van der Waals surface area (Å²) < 4.78 is 5.15. The van der Waals surface area contributed by atoms with E-state index in [-0.39, 0.29) is 17.7 Å². The van der Waals surface area contributed by atoms with E-state index >= 15 is 0 Å². The van der Waals surface area contributed by atoms with Crippen LogP contribution in [0.3, 0.4) is 0 Å². The molecule has 0 spiro atoms. The van der Waals surface area contributed by atoms with Crippen molar-refractivity contribution in [1.82, 2.24) is 10.2 Å². The summed E-state index contributed by atoms with van der Waals surface area (Å²) in [4.78, 5) is 26.7. The number of amides is 2. The standard InChI is InChI=1S/C24H26N4O3S/c1-3-16-4-9-19(10-5-16)28-15-18(14-22(28)30)23-26-27-24(32-23)25-21(29)13-8-17-6-11-20(31-2)12-7-17/h4-7,9-12,18H,3,8,13-15H2,1-2H3,(H,25,27,29)/t18-/m0/s1. The molecule has 0 radical (unpaired) electrons. The maximum absolute atomic E-state index is 12.6. The van der Waals surface area contributed by atoms with Crippen molar-refractivity contribution in [3.8, 4) is 5.75 Å². The molecule has 2 amide bonds. The van der Waals surface area contributed by atoms with Crippen molar-refractivity contribution in [2.45, 2.75) is 38.5 Å². The number of hydrogen-bond donors (Lipinski definition) is 1. The van der Waals surface area contributed by atoms with Crippen LogP contribution in [0.25, 0.3) is 0 Å². The maximum Gasteiger partial charge on any atom is 0.227 e. The van der Waals surface area contributed by atoms with Gasteiger partial charge in [0.1, 0.15) is 10.8 Å². The fraction of sp³-hybridized carbons (Fsp3) is 0.333. The quantitative estimate of drug-likeness (QED) is 0.556. The number of hydrogen-bond acceptors (Lipinski definition) is 6. The van der Waals surface area contributed by atoms with Crippen LogP contribution in [0.5, 0.6) is 5.75 Å². The third-order valence-corrected chi connectivity index (χ3v) is 6.62. The molecule has 0 unspecified atom stereocenters. The molecule has 2 heterocycles. The first-order chi connectivity index (χ1) is 15.6. The van der Waals surface area contributed by atoms with E-state index in [0.29, 0.717) is 30.9 Å². The van der Waals surface area contributed by atoms with Crippen molar-refractivity contribution < 1.29 is 14.3 Å². The first-order valence-electron chi connectivity index (χ1n) is 10.7. The zero-order valence-electron chi connectivity index (χ0n) is 18.2. The number of carbonyl (C=O) groups excluding carboxylic acids is 2. The third-order valence-electron chi connectivity index (χ3n) is 5.62. The number of aryl methyl sites for hydroxylation is 2. The van der Waals surface area contributed by atoms with Gasteiger partial charge in [-0.3, -0.25) is 9.59 Å². The van der Waals surface area contributed by atoms with E-state index in [4.69, 9.17) is 4.74 Å². The van der Waals surface area contributed by atoms with Gasteiger partial charge in [-0.25, -0.2) is 0 Å². The van der Waals surface area contributed by atoms with Gasteiger partial charge in [0.05, 0.1) is 7.11 Å². The summed E-state index contributed by atoms with van der Waals surface area (Å²) >= 11 is 1.34. The number of benzene rings is 2. The molecular weight excluding hydrogens is 424 g/mol. The highest BCUT2D eigenvalue weighted by molar-refractivity contribution is 7.15. The van der Waals surface area contributed by atoms with Crippen LogP contribution in [0.2, 0.25) is 0 Å². The van der Waals surface area contributed by atoms with E-state index in [2.05, 4.69) is 34.6 Å². The predicted molar refractivity (Wildman–Crippen MR) is 125 cm³/mol. The second-order valence-electron chi connectivity index (χ2n) is 7.77. The summed E-state index contributed by atoms with van der Waals surface area (Å²) in [5.74, 6) is 0.750. The van der Waals surface area contributed by atoms with Gasteiger partial charge in [-0.15, -0.1) is 10.2 Å². The van der Waals surface area contributed by atoms with Gasteiger partial charge < -0.3 is 15.0 Å². The summed E-state index contributed by atoms with van der Waals surface area (Å²) in [6.07, 6.45) is 2.35. The molecule has 4 rings (SSSR count). The highest BCUT2D eigenvalue weighted by atomic mass is 32.1. The smallest absolute Gasteiger partial charge is 0.227 e. The number of aromatic nitrogens is 2. The molecule has 1 fully saturated rings. The molecule has 166 valence electrons. The number of nitrogens with zero attached hydrogens (tertiary/aromatic N) is 3. The van der Waals surface area contributed by atoms with Crippen LogP contribution in [0.1, 0.15) is 41.8 Å². The minimum Gasteiger partial charge on any atom is -0.497 e. The van der Waals surface area contributed by atoms with Gasteiger partial charge in [0.2, 0.25) is 16.9 Å². The zero-order valence-corrected chi connectivity index (χ0v) is 19.0. The first kappa shape index (κ1) is 22.0. The Morgan fingerprint density at radius 1 is 1.12 bits per heavy atom. The molecule has 0 bridgehead atoms. The summed E-state index contributed by atoms with van der Waals surface area (Å²) in [6, 6.07) is 15.8. The highest BCUT2D eigenvalue weighted by Crippen LogP contribution is 2.34. The van der Waals surface area contributed by atoms with Gasteiger partial charge >= 0.3 is 0 Å². The molecule has 1 atom stereocenters. The van der Waals surface area contributed by atoms with Crippen molar-refractivity contribution in [3.05, 3.63) is 64.7 Å². The van der Waals surface area contributed by atoms with Gasteiger partial charge in [-0.05, 0) is 48.2 Å². The van der Waals surface area contributed by atoms with Crippen molar-refractivity contribution in [3.63, 3.8) is 0 Å². The number of anilines is 2. The molecule has 8 heteroatoms. The molecule has 32 heavy (non-hydrogen) atoms. The van der Waals surface area contributed by atoms with Crippen LogP contribution < -0.4 is 15.0 Å². The van der Waals surface area contributed by atoms with Crippen LogP contribution in [-0.4, -0.2) is 35.7 Å².